The van der Waals surface area contributed by atoms with Crippen LogP contribution in [0.25, 0.3) is 10.9 Å². The number of hydrogen-bond donors (Lipinski definition) is 1. The van der Waals surface area contributed by atoms with E-state index in [1.807, 2.05) is 52.0 Å². The smallest absolute Gasteiger partial charge is 0.304 e. The van der Waals surface area contributed by atoms with Gasteiger partial charge in [-0.3, -0.25) is 9.78 Å². The largest absolute Gasteiger partial charge is 0.481 e. The molecule has 0 bridgehead atoms. The number of carboxylic acid groups (broad SMARTS) is 1. The van der Waals surface area contributed by atoms with Crippen molar-refractivity contribution in [3.63, 3.8) is 0 Å². The molecular formula is C16H19NO2. The molecule has 0 amide bonds. The van der Waals surface area contributed by atoms with Crippen LogP contribution in [0.15, 0.2) is 24.3 Å². The normalized spacial score (nSPS) is 11.8. The zero-order valence-electron chi connectivity index (χ0n) is 11.8. The Morgan fingerprint density at radius 3 is 2.63 bits per heavy atom. The van der Waals surface area contributed by atoms with Crippen molar-refractivity contribution in [3.05, 3.63) is 41.1 Å². The summed E-state index contributed by atoms with van der Waals surface area (Å²) >= 11 is 0. The Labute approximate surface area is 113 Å². The first-order valence-corrected chi connectivity index (χ1v) is 6.40. The van der Waals surface area contributed by atoms with Crippen molar-refractivity contribution in [3.8, 4) is 0 Å². The molecular weight excluding hydrogens is 238 g/mol. The van der Waals surface area contributed by atoms with Crippen LogP contribution in [0.4, 0.5) is 0 Å². The van der Waals surface area contributed by atoms with Crippen molar-refractivity contribution in [2.24, 2.45) is 0 Å². The summed E-state index contributed by atoms with van der Waals surface area (Å²) in [5.74, 6) is -0.777. The van der Waals surface area contributed by atoms with Gasteiger partial charge in [0.05, 0.1) is 11.9 Å². The average Bonchev–Trinajstić information content (AvgIpc) is 2.26. The highest BCUT2D eigenvalue weighted by Gasteiger charge is 2.27. The third-order valence-electron chi connectivity index (χ3n) is 3.49. The maximum absolute atomic E-state index is 11.1. The Bertz CT molecular complexity index is 644. The van der Waals surface area contributed by atoms with Crippen molar-refractivity contribution < 1.29 is 9.90 Å². The number of aromatic nitrogens is 1. The highest BCUT2D eigenvalue weighted by Crippen LogP contribution is 2.34. The Morgan fingerprint density at radius 1 is 1.32 bits per heavy atom. The minimum Gasteiger partial charge on any atom is -0.481 e. The summed E-state index contributed by atoms with van der Waals surface area (Å²) in [6, 6.07) is 8.02. The van der Waals surface area contributed by atoms with E-state index in [1.165, 1.54) is 0 Å². The molecule has 3 nitrogen and oxygen atoms in total. The highest BCUT2D eigenvalue weighted by atomic mass is 16.4. The van der Waals surface area contributed by atoms with Crippen LogP contribution in [0.1, 0.15) is 37.1 Å². The number of benzene rings is 1. The van der Waals surface area contributed by atoms with Crippen LogP contribution in [-0.2, 0) is 10.2 Å². The van der Waals surface area contributed by atoms with Gasteiger partial charge >= 0.3 is 5.97 Å². The molecule has 19 heavy (non-hydrogen) atoms. The minimum atomic E-state index is -0.777. The molecule has 0 radical (unpaired) electrons. The Balaban J connectivity index is 2.75. The molecule has 0 aliphatic rings. The molecule has 0 fully saturated rings. The lowest BCUT2D eigenvalue weighted by Gasteiger charge is -2.26. The van der Waals surface area contributed by atoms with Crippen molar-refractivity contribution in [2.45, 2.75) is 39.5 Å². The monoisotopic (exact) mass is 257 g/mol. The van der Waals surface area contributed by atoms with Crippen LogP contribution in [0.3, 0.4) is 0 Å². The lowest BCUT2D eigenvalue weighted by Crippen LogP contribution is -2.22. The second-order valence-electron chi connectivity index (χ2n) is 5.73. The standard InChI is InChI=1S/C16H19NO2/c1-10-6-5-7-13-15(10)12(8-11(2)17-13)16(3,4)9-14(18)19/h5-8H,9H2,1-4H3,(H,18,19). The van der Waals surface area contributed by atoms with Gasteiger partial charge in [-0.25, -0.2) is 0 Å². The first-order chi connectivity index (χ1) is 8.81. The lowest BCUT2D eigenvalue weighted by atomic mass is 9.79. The third kappa shape index (κ3) is 2.60. The number of hydrogen-bond acceptors (Lipinski definition) is 2. The lowest BCUT2D eigenvalue weighted by molar-refractivity contribution is -0.138. The average molecular weight is 257 g/mol. The van der Waals surface area contributed by atoms with E-state index in [4.69, 9.17) is 5.11 Å². The second kappa shape index (κ2) is 4.65. The van der Waals surface area contributed by atoms with Gasteiger partial charge in [0, 0.05) is 16.5 Å². The Morgan fingerprint density at radius 2 is 2.00 bits per heavy atom. The van der Waals surface area contributed by atoms with E-state index in [9.17, 15) is 4.79 Å². The van der Waals surface area contributed by atoms with Gasteiger partial charge in [-0.05, 0) is 37.1 Å². The Hall–Kier alpha value is -1.90. The number of carbonyl (C=O) groups is 1. The molecule has 0 aliphatic carbocycles. The predicted octanol–water partition coefficient (Wildman–Crippen LogP) is 3.60. The molecule has 0 spiro atoms. The van der Waals surface area contributed by atoms with Gasteiger partial charge < -0.3 is 5.11 Å². The van der Waals surface area contributed by atoms with Gasteiger partial charge in [-0.2, -0.15) is 0 Å². The minimum absolute atomic E-state index is 0.111. The van der Waals surface area contributed by atoms with Crippen molar-refractivity contribution in [1.29, 1.82) is 0 Å². The summed E-state index contributed by atoms with van der Waals surface area (Å²) in [5.41, 5.74) is 3.65. The molecule has 3 heteroatoms. The van der Waals surface area contributed by atoms with Gasteiger partial charge in [0.1, 0.15) is 0 Å². The van der Waals surface area contributed by atoms with E-state index in [1.54, 1.807) is 0 Å². The van der Waals surface area contributed by atoms with Crippen LogP contribution >= 0.6 is 0 Å². The van der Waals surface area contributed by atoms with E-state index in [0.717, 1.165) is 27.7 Å². The first kappa shape index (κ1) is 13.5. The second-order valence-corrected chi connectivity index (χ2v) is 5.73. The quantitative estimate of drug-likeness (QED) is 0.913. The topological polar surface area (TPSA) is 50.2 Å². The van der Waals surface area contributed by atoms with Crippen LogP contribution in [-0.4, -0.2) is 16.1 Å². The van der Waals surface area contributed by atoms with Crippen molar-refractivity contribution in [1.82, 2.24) is 4.98 Å². The van der Waals surface area contributed by atoms with Gasteiger partial charge in [0.25, 0.3) is 0 Å². The van der Waals surface area contributed by atoms with Crippen LogP contribution in [0, 0.1) is 13.8 Å². The first-order valence-electron chi connectivity index (χ1n) is 6.40. The molecule has 0 aliphatic heterocycles. The highest BCUT2D eigenvalue weighted by molar-refractivity contribution is 5.87. The molecule has 0 saturated carbocycles. The maximum atomic E-state index is 11.1. The van der Waals surface area contributed by atoms with Crippen LogP contribution < -0.4 is 0 Å². The molecule has 1 aromatic carbocycles. The summed E-state index contributed by atoms with van der Waals surface area (Å²) in [7, 11) is 0. The molecule has 2 aromatic rings. The van der Waals surface area contributed by atoms with Gasteiger partial charge in [-0.15, -0.1) is 0 Å². The van der Waals surface area contributed by atoms with E-state index < -0.39 is 11.4 Å². The number of fused-ring (bicyclic) bond motifs is 1. The zero-order chi connectivity index (χ0) is 14.2. The molecule has 100 valence electrons. The predicted molar refractivity (Wildman–Crippen MR) is 76.5 cm³/mol. The number of rotatable bonds is 3. The molecule has 0 unspecified atom stereocenters. The SMILES string of the molecule is Cc1cc(C(C)(C)CC(=O)O)c2c(C)cccc2n1. The van der Waals surface area contributed by atoms with E-state index >= 15 is 0 Å². The summed E-state index contributed by atoms with van der Waals surface area (Å²) in [5, 5.41) is 10.2. The fraction of sp³-hybridized carbons (Fsp3) is 0.375. The van der Waals surface area contributed by atoms with Gasteiger partial charge in [-0.1, -0.05) is 26.0 Å². The van der Waals surface area contributed by atoms with Crippen molar-refractivity contribution in [2.75, 3.05) is 0 Å². The molecule has 2 rings (SSSR count). The number of aryl methyl sites for hydroxylation is 2. The fourth-order valence-electron chi connectivity index (χ4n) is 2.61. The molecule has 0 atom stereocenters. The van der Waals surface area contributed by atoms with Crippen LogP contribution in [0.5, 0.6) is 0 Å². The summed E-state index contributed by atoms with van der Waals surface area (Å²) in [6.45, 7) is 7.94. The number of carboxylic acids is 1. The van der Waals surface area contributed by atoms with E-state index in [0.29, 0.717) is 0 Å². The molecule has 1 N–H and O–H groups in total. The van der Waals surface area contributed by atoms with E-state index in [-0.39, 0.29) is 6.42 Å². The van der Waals surface area contributed by atoms with Crippen molar-refractivity contribution >= 4 is 16.9 Å². The van der Waals surface area contributed by atoms with Crippen LogP contribution in [0.2, 0.25) is 0 Å². The fourth-order valence-corrected chi connectivity index (χ4v) is 2.61. The zero-order valence-corrected chi connectivity index (χ0v) is 11.8. The number of pyridine rings is 1. The molecule has 0 saturated heterocycles. The third-order valence-corrected chi connectivity index (χ3v) is 3.49. The molecule has 1 aromatic heterocycles. The maximum Gasteiger partial charge on any atom is 0.304 e. The summed E-state index contributed by atoms with van der Waals surface area (Å²) in [4.78, 5) is 15.6. The van der Waals surface area contributed by atoms with E-state index in [2.05, 4.69) is 4.98 Å². The van der Waals surface area contributed by atoms with Gasteiger partial charge in [0.15, 0.2) is 0 Å². The number of nitrogens with zero attached hydrogens (tertiary/aromatic N) is 1. The van der Waals surface area contributed by atoms with Gasteiger partial charge in [0.2, 0.25) is 0 Å². The summed E-state index contributed by atoms with van der Waals surface area (Å²) in [6.07, 6.45) is 0.111. The number of aliphatic carboxylic acids is 1. The Kier molecular flexibility index (Phi) is 3.31. The summed E-state index contributed by atoms with van der Waals surface area (Å²) < 4.78 is 0. The molecule has 1 heterocycles.